The maximum absolute atomic E-state index is 12.0. The third-order valence-corrected chi connectivity index (χ3v) is 5.05. The molecule has 2 fully saturated rings. The van der Waals surface area contributed by atoms with E-state index in [1.165, 1.54) is 7.11 Å². The Morgan fingerprint density at radius 1 is 1.21 bits per heavy atom. The molecule has 0 aromatic heterocycles. The van der Waals surface area contributed by atoms with Crippen molar-refractivity contribution in [1.29, 1.82) is 0 Å². The van der Waals surface area contributed by atoms with Gasteiger partial charge >= 0.3 is 0 Å². The molecule has 0 radical (unpaired) electrons. The van der Waals surface area contributed by atoms with Crippen LogP contribution in [0.5, 0.6) is 0 Å². The predicted octanol–water partition coefficient (Wildman–Crippen LogP) is -0.0231. The number of hydrogen-bond acceptors (Lipinski definition) is 5. The molecule has 0 aromatic carbocycles. The fourth-order valence-corrected chi connectivity index (χ4v) is 3.74. The van der Waals surface area contributed by atoms with Gasteiger partial charge in [-0.3, -0.25) is 9.59 Å². The van der Waals surface area contributed by atoms with Crippen molar-refractivity contribution >= 4 is 11.8 Å². The monoisotopic (exact) mass is 341 g/mol. The first-order valence-corrected chi connectivity index (χ1v) is 8.90. The van der Waals surface area contributed by atoms with Crippen molar-refractivity contribution in [1.82, 2.24) is 15.1 Å². The van der Waals surface area contributed by atoms with Crippen LogP contribution in [-0.4, -0.2) is 84.8 Å². The second kappa shape index (κ2) is 8.78. The molecule has 2 amide bonds. The molecule has 0 aromatic rings. The van der Waals surface area contributed by atoms with Gasteiger partial charge in [-0.05, 0) is 32.1 Å². The molecular formula is C17H31N3O4. The fourth-order valence-electron chi connectivity index (χ4n) is 3.74. The zero-order chi connectivity index (χ0) is 17.6. The van der Waals surface area contributed by atoms with Crippen molar-refractivity contribution < 1.29 is 19.4 Å². The number of carbonyl (C=O) groups is 2. The first kappa shape index (κ1) is 19.1. The standard InChI is InChI=1S/C17H31N3O4/c1-14(21)18-15-4-9-19(10-5-15)13-17(23)6-3-8-20(11-7-17)16(22)12-24-2/h15,23H,3-13H2,1-2H3,(H,18,21)/t17-/m0/s1. The van der Waals surface area contributed by atoms with E-state index in [1.807, 2.05) is 0 Å². The number of amides is 2. The first-order chi connectivity index (χ1) is 11.4. The summed E-state index contributed by atoms with van der Waals surface area (Å²) in [4.78, 5) is 27.2. The van der Waals surface area contributed by atoms with E-state index in [-0.39, 0.29) is 24.5 Å². The molecule has 7 heteroatoms. The van der Waals surface area contributed by atoms with Crippen LogP contribution in [-0.2, 0) is 14.3 Å². The minimum Gasteiger partial charge on any atom is -0.388 e. The maximum Gasteiger partial charge on any atom is 0.248 e. The Hall–Kier alpha value is -1.18. The Labute approximate surface area is 144 Å². The topological polar surface area (TPSA) is 82.1 Å². The van der Waals surface area contributed by atoms with Gasteiger partial charge in [0.1, 0.15) is 6.61 Å². The highest BCUT2D eigenvalue weighted by Gasteiger charge is 2.34. The summed E-state index contributed by atoms with van der Waals surface area (Å²) in [6.45, 7) is 5.35. The summed E-state index contributed by atoms with van der Waals surface area (Å²) in [5.74, 6) is 0.0227. The van der Waals surface area contributed by atoms with Crippen LogP contribution in [0.1, 0.15) is 39.0 Å². The molecule has 2 N–H and O–H groups in total. The quantitative estimate of drug-likeness (QED) is 0.734. The maximum atomic E-state index is 12.0. The number of likely N-dealkylation sites (tertiary alicyclic amines) is 2. The fraction of sp³-hybridized carbons (Fsp3) is 0.882. The van der Waals surface area contributed by atoms with Gasteiger partial charge in [0, 0.05) is 52.8 Å². The van der Waals surface area contributed by atoms with Crippen molar-refractivity contribution in [2.75, 3.05) is 46.4 Å². The highest BCUT2D eigenvalue weighted by Crippen LogP contribution is 2.25. The zero-order valence-corrected chi connectivity index (χ0v) is 14.9. The van der Waals surface area contributed by atoms with E-state index in [2.05, 4.69) is 10.2 Å². The van der Waals surface area contributed by atoms with Gasteiger partial charge in [0.2, 0.25) is 11.8 Å². The van der Waals surface area contributed by atoms with Gasteiger partial charge in [-0.2, -0.15) is 0 Å². The van der Waals surface area contributed by atoms with E-state index < -0.39 is 5.60 Å². The average molecular weight is 341 g/mol. The summed E-state index contributed by atoms with van der Waals surface area (Å²) >= 11 is 0. The van der Waals surface area contributed by atoms with Crippen LogP contribution in [0.3, 0.4) is 0 Å². The van der Waals surface area contributed by atoms with E-state index in [9.17, 15) is 14.7 Å². The van der Waals surface area contributed by atoms with Gasteiger partial charge in [0.15, 0.2) is 0 Å². The summed E-state index contributed by atoms with van der Waals surface area (Å²) in [7, 11) is 1.52. The molecule has 2 saturated heterocycles. The summed E-state index contributed by atoms with van der Waals surface area (Å²) < 4.78 is 4.92. The van der Waals surface area contributed by atoms with Crippen molar-refractivity contribution in [2.45, 2.75) is 50.7 Å². The Balaban J connectivity index is 1.80. The second-order valence-corrected chi connectivity index (χ2v) is 7.14. The van der Waals surface area contributed by atoms with Crippen molar-refractivity contribution in [3.8, 4) is 0 Å². The average Bonchev–Trinajstić information content (AvgIpc) is 2.71. The van der Waals surface area contributed by atoms with Gasteiger partial charge in [-0.15, -0.1) is 0 Å². The number of hydrogen-bond donors (Lipinski definition) is 2. The van der Waals surface area contributed by atoms with Crippen LogP contribution in [0.4, 0.5) is 0 Å². The number of methoxy groups -OCH3 is 1. The van der Waals surface area contributed by atoms with E-state index >= 15 is 0 Å². The number of rotatable bonds is 5. The molecule has 0 spiro atoms. The lowest BCUT2D eigenvalue weighted by molar-refractivity contribution is -0.135. The molecule has 0 aliphatic carbocycles. The number of nitrogens with zero attached hydrogens (tertiary/aromatic N) is 2. The van der Waals surface area contributed by atoms with Gasteiger partial charge in [-0.25, -0.2) is 0 Å². The molecule has 2 aliphatic rings. The normalized spacial score (nSPS) is 26.9. The van der Waals surface area contributed by atoms with Crippen molar-refractivity contribution in [2.24, 2.45) is 0 Å². The molecule has 1 atom stereocenters. The van der Waals surface area contributed by atoms with Crippen molar-refractivity contribution in [3.05, 3.63) is 0 Å². The van der Waals surface area contributed by atoms with E-state index in [0.717, 1.165) is 38.8 Å². The van der Waals surface area contributed by atoms with Gasteiger partial charge < -0.3 is 25.0 Å². The van der Waals surface area contributed by atoms with Gasteiger partial charge in [0.05, 0.1) is 5.60 Å². The Morgan fingerprint density at radius 2 is 1.92 bits per heavy atom. The van der Waals surface area contributed by atoms with Crippen LogP contribution in [0.2, 0.25) is 0 Å². The molecule has 0 saturated carbocycles. The Bertz CT molecular complexity index is 438. The smallest absolute Gasteiger partial charge is 0.248 e. The Kier molecular flexibility index (Phi) is 7.01. The molecule has 2 rings (SSSR count). The number of carbonyl (C=O) groups excluding carboxylic acids is 2. The zero-order valence-electron chi connectivity index (χ0n) is 14.9. The lowest BCUT2D eigenvalue weighted by atomic mass is 9.93. The summed E-state index contributed by atoms with van der Waals surface area (Å²) in [5.41, 5.74) is -0.733. The highest BCUT2D eigenvalue weighted by atomic mass is 16.5. The summed E-state index contributed by atoms with van der Waals surface area (Å²) in [5, 5.41) is 13.9. The Morgan fingerprint density at radius 3 is 2.54 bits per heavy atom. The SMILES string of the molecule is COCC(=O)N1CCC[C@@](O)(CN2CCC(NC(C)=O)CC2)CC1. The van der Waals surface area contributed by atoms with Crippen LogP contribution in [0.25, 0.3) is 0 Å². The van der Waals surface area contributed by atoms with Gasteiger partial charge in [0.25, 0.3) is 0 Å². The first-order valence-electron chi connectivity index (χ1n) is 8.90. The summed E-state index contributed by atoms with van der Waals surface area (Å²) in [6.07, 6.45) is 3.99. The third-order valence-electron chi connectivity index (χ3n) is 5.05. The predicted molar refractivity (Wildman–Crippen MR) is 90.5 cm³/mol. The minimum atomic E-state index is -0.733. The largest absolute Gasteiger partial charge is 0.388 e. The molecule has 2 heterocycles. The number of ether oxygens (including phenoxy) is 1. The molecular weight excluding hydrogens is 310 g/mol. The van der Waals surface area contributed by atoms with E-state index in [4.69, 9.17) is 4.74 Å². The van der Waals surface area contributed by atoms with Crippen LogP contribution in [0, 0.1) is 0 Å². The van der Waals surface area contributed by atoms with Crippen molar-refractivity contribution in [3.63, 3.8) is 0 Å². The van der Waals surface area contributed by atoms with Crippen LogP contribution < -0.4 is 5.32 Å². The lowest BCUT2D eigenvalue weighted by Gasteiger charge is -2.38. The lowest BCUT2D eigenvalue weighted by Crippen LogP contribution is -2.50. The molecule has 0 bridgehead atoms. The van der Waals surface area contributed by atoms with E-state index in [1.54, 1.807) is 11.8 Å². The molecule has 24 heavy (non-hydrogen) atoms. The number of nitrogens with one attached hydrogen (secondary N) is 1. The molecule has 138 valence electrons. The number of piperidine rings is 1. The van der Waals surface area contributed by atoms with Crippen LogP contribution in [0.15, 0.2) is 0 Å². The van der Waals surface area contributed by atoms with E-state index in [0.29, 0.717) is 26.1 Å². The molecule has 7 nitrogen and oxygen atoms in total. The van der Waals surface area contributed by atoms with Gasteiger partial charge in [-0.1, -0.05) is 0 Å². The highest BCUT2D eigenvalue weighted by molar-refractivity contribution is 5.77. The number of β-amino-alcohol motifs (C(OH)–C–C–N with tert-alkyl or cyclic N) is 1. The molecule has 0 unspecified atom stereocenters. The minimum absolute atomic E-state index is 0.00197. The number of aliphatic hydroxyl groups is 1. The summed E-state index contributed by atoms with van der Waals surface area (Å²) in [6, 6.07) is 0.254. The third kappa shape index (κ3) is 5.72. The second-order valence-electron chi connectivity index (χ2n) is 7.14. The molecule has 2 aliphatic heterocycles. The van der Waals surface area contributed by atoms with Crippen LogP contribution >= 0.6 is 0 Å².